The maximum atomic E-state index is 12.1. The van der Waals surface area contributed by atoms with Gasteiger partial charge in [-0.2, -0.15) is 0 Å². The molecule has 0 bridgehead atoms. The van der Waals surface area contributed by atoms with Gasteiger partial charge in [-0.3, -0.25) is 4.79 Å². The van der Waals surface area contributed by atoms with Crippen LogP contribution in [0.3, 0.4) is 0 Å². The van der Waals surface area contributed by atoms with Crippen molar-refractivity contribution < 1.29 is 9.53 Å². The zero-order chi connectivity index (χ0) is 12.3. The second-order valence-corrected chi connectivity index (χ2v) is 3.92. The van der Waals surface area contributed by atoms with E-state index >= 15 is 0 Å². The number of benzene rings is 2. The van der Waals surface area contributed by atoms with Crippen molar-refractivity contribution in [3.63, 3.8) is 0 Å². The summed E-state index contributed by atoms with van der Waals surface area (Å²) in [5, 5.41) is 0. The maximum absolute atomic E-state index is 12.1. The van der Waals surface area contributed by atoms with Crippen LogP contribution >= 0.6 is 0 Å². The first kappa shape index (κ1) is 11.4. The normalized spacial score (nSPS) is 10.0. The van der Waals surface area contributed by atoms with Gasteiger partial charge in [0.25, 0.3) is 0 Å². The molecule has 0 spiro atoms. The Morgan fingerprint density at radius 3 is 1.82 bits per heavy atom. The van der Waals surface area contributed by atoms with Crippen LogP contribution in [0.4, 0.5) is 0 Å². The predicted octanol–water partition coefficient (Wildman–Crippen LogP) is 3.23. The summed E-state index contributed by atoms with van der Waals surface area (Å²) in [7, 11) is 1.61. The minimum atomic E-state index is 0.0349. The number of hydrogen-bond donors (Lipinski definition) is 0. The molecule has 2 nitrogen and oxygen atoms in total. The molecule has 0 aliphatic carbocycles. The quantitative estimate of drug-likeness (QED) is 0.751. The molecule has 17 heavy (non-hydrogen) atoms. The molecule has 0 atom stereocenters. The largest absolute Gasteiger partial charge is 0.497 e. The highest BCUT2D eigenvalue weighted by Gasteiger charge is 2.08. The van der Waals surface area contributed by atoms with Gasteiger partial charge in [0.15, 0.2) is 5.78 Å². The van der Waals surface area contributed by atoms with Gasteiger partial charge in [-0.05, 0) is 31.2 Å². The predicted molar refractivity (Wildman–Crippen MR) is 67.6 cm³/mol. The van der Waals surface area contributed by atoms with E-state index < -0.39 is 0 Å². The fourth-order valence-corrected chi connectivity index (χ4v) is 1.61. The Hall–Kier alpha value is -2.09. The molecule has 0 saturated carbocycles. The molecule has 0 aliphatic rings. The molecule has 86 valence electrons. The van der Waals surface area contributed by atoms with Gasteiger partial charge in [0.2, 0.25) is 0 Å². The van der Waals surface area contributed by atoms with Gasteiger partial charge in [0, 0.05) is 11.1 Å². The lowest BCUT2D eigenvalue weighted by molar-refractivity contribution is 0.103. The second kappa shape index (κ2) is 4.83. The van der Waals surface area contributed by atoms with E-state index in [1.807, 2.05) is 31.2 Å². The van der Waals surface area contributed by atoms with Crippen LogP contribution in [0.25, 0.3) is 0 Å². The highest BCUT2D eigenvalue weighted by molar-refractivity contribution is 6.09. The summed E-state index contributed by atoms with van der Waals surface area (Å²) in [5.41, 5.74) is 2.53. The third-order valence-corrected chi connectivity index (χ3v) is 2.67. The van der Waals surface area contributed by atoms with Gasteiger partial charge in [-0.1, -0.05) is 29.8 Å². The van der Waals surface area contributed by atoms with E-state index in [2.05, 4.69) is 0 Å². The van der Waals surface area contributed by atoms with Gasteiger partial charge >= 0.3 is 0 Å². The van der Waals surface area contributed by atoms with Crippen molar-refractivity contribution in [2.24, 2.45) is 0 Å². The van der Waals surface area contributed by atoms with Gasteiger partial charge < -0.3 is 4.74 Å². The average Bonchev–Trinajstić information content (AvgIpc) is 2.39. The number of carbonyl (C=O) groups excluding carboxylic acids is 1. The summed E-state index contributed by atoms with van der Waals surface area (Å²) < 4.78 is 5.06. The Balaban J connectivity index is 2.27. The molecule has 0 fully saturated rings. The summed E-state index contributed by atoms with van der Waals surface area (Å²) in [4.78, 5) is 12.1. The zero-order valence-electron chi connectivity index (χ0n) is 9.94. The second-order valence-electron chi connectivity index (χ2n) is 3.92. The fraction of sp³-hybridized carbons (Fsp3) is 0.133. The Labute approximate surface area is 101 Å². The molecule has 2 aromatic carbocycles. The van der Waals surface area contributed by atoms with E-state index in [9.17, 15) is 4.79 Å². The Morgan fingerprint density at radius 2 is 1.35 bits per heavy atom. The summed E-state index contributed by atoms with van der Waals surface area (Å²) >= 11 is 0. The van der Waals surface area contributed by atoms with Gasteiger partial charge in [-0.25, -0.2) is 0 Å². The zero-order valence-corrected chi connectivity index (χ0v) is 9.94. The van der Waals surface area contributed by atoms with Crippen molar-refractivity contribution in [3.05, 3.63) is 65.2 Å². The van der Waals surface area contributed by atoms with Gasteiger partial charge in [0.05, 0.1) is 7.11 Å². The van der Waals surface area contributed by atoms with E-state index in [4.69, 9.17) is 4.74 Å². The molecule has 0 radical (unpaired) electrons. The van der Waals surface area contributed by atoms with E-state index in [1.54, 1.807) is 31.4 Å². The van der Waals surface area contributed by atoms with Crippen LogP contribution in [-0.4, -0.2) is 12.9 Å². The first-order chi connectivity index (χ1) is 8.20. The molecule has 0 unspecified atom stereocenters. The maximum Gasteiger partial charge on any atom is 0.193 e. The Kier molecular flexibility index (Phi) is 3.24. The third kappa shape index (κ3) is 2.53. The molecule has 0 amide bonds. The van der Waals surface area contributed by atoms with Crippen molar-refractivity contribution >= 4 is 5.78 Å². The van der Waals surface area contributed by atoms with Crippen molar-refractivity contribution in [3.8, 4) is 5.75 Å². The van der Waals surface area contributed by atoms with Crippen LogP contribution in [0.5, 0.6) is 5.75 Å². The number of hydrogen-bond acceptors (Lipinski definition) is 2. The van der Waals surface area contributed by atoms with Crippen molar-refractivity contribution in [2.75, 3.05) is 7.11 Å². The molecule has 2 rings (SSSR count). The van der Waals surface area contributed by atoms with Crippen LogP contribution in [0.1, 0.15) is 21.5 Å². The molecule has 0 N–H and O–H groups in total. The topological polar surface area (TPSA) is 26.3 Å². The van der Waals surface area contributed by atoms with Crippen LogP contribution in [0.15, 0.2) is 48.5 Å². The average molecular weight is 226 g/mol. The summed E-state index contributed by atoms with van der Waals surface area (Å²) in [6.07, 6.45) is 0. The number of aryl methyl sites for hydroxylation is 1. The molecule has 0 aliphatic heterocycles. The molecule has 0 saturated heterocycles. The van der Waals surface area contributed by atoms with E-state index in [0.29, 0.717) is 11.1 Å². The first-order valence-corrected chi connectivity index (χ1v) is 5.46. The van der Waals surface area contributed by atoms with Gasteiger partial charge in [0.1, 0.15) is 5.75 Å². The van der Waals surface area contributed by atoms with E-state index in [1.165, 1.54) is 0 Å². The molecule has 2 aromatic rings. The standard InChI is InChI=1S/C15H14O2/c1-11-3-5-12(6-4-11)15(16)13-7-9-14(17-2)10-8-13/h3-10H,1-2H3. The van der Waals surface area contributed by atoms with Crippen LogP contribution < -0.4 is 4.74 Å². The minimum Gasteiger partial charge on any atom is -0.497 e. The van der Waals surface area contributed by atoms with Crippen LogP contribution in [0.2, 0.25) is 0 Å². The molecular weight excluding hydrogens is 212 g/mol. The van der Waals surface area contributed by atoms with Crippen molar-refractivity contribution in [2.45, 2.75) is 6.92 Å². The number of ketones is 1. The summed E-state index contributed by atoms with van der Waals surface area (Å²) in [5.74, 6) is 0.790. The van der Waals surface area contributed by atoms with Gasteiger partial charge in [-0.15, -0.1) is 0 Å². The number of carbonyl (C=O) groups is 1. The number of rotatable bonds is 3. The SMILES string of the molecule is COc1ccc(C(=O)c2ccc(C)cc2)cc1. The summed E-state index contributed by atoms with van der Waals surface area (Å²) in [6, 6.07) is 14.7. The lowest BCUT2D eigenvalue weighted by Crippen LogP contribution is -2.00. The smallest absolute Gasteiger partial charge is 0.193 e. The number of methoxy groups -OCH3 is 1. The summed E-state index contributed by atoms with van der Waals surface area (Å²) in [6.45, 7) is 2.00. The molecule has 0 heterocycles. The third-order valence-electron chi connectivity index (χ3n) is 2.67. The molecule has 0 aromatic heterocycles. The lowest BCUT2D eigenvalue weighted by atomic mass is 10.0. The highest BCUT2D eigenvalue weighted by atomic mass is 16.5. The van der Waals surface area contributed by atoms with Crippen molar-refractivity contribution in [1.82, 2.24) is 0 Å². The number of ether oxygens (including phenoxy) is 1. The van der Waals surface area contributed by atoms with Crippen LogP contribution in [-0.2, 0) is 0 Å². The highest BCUT2D eigenvalue weighted by Crippen LogP contribution is 2.15. The fourth-order valence-electron chi connectivity index (χ4n) is 1.61. The molecule has 2 heteroatoms. The Morgan fingerprint density at radius 1 is 0.882 bits per heavy atom. The van der Waals surface area contributed by atoms with E-state index in [0.717, 1.165) is 11.3 Å². The van der Waals surface area contributed by atoms with E-state index in [-0.39, 0.29) is 5.78 Å². The first-order valence-electron chi connectivity index (χ1n) is 5.46. The monoisotopic (exact) mass is 226 g/mol. The molecular formula is C15H14O2. The van der Waals surface area contributed by atoms with Crippen molar-refractivity contribution in [1.29, 1.82) is 0 Å². The van der Waals surface area contributed by atoms with Crippen LogP contribution in [0, 0.1) is 6.92 Å². The minimum absolute atomic E-state index is 0.0349. The Bertz CT molecular complexity index is 510. The lowest BCUT2D eigenvalue weighted by Gasteiger charge is -2.03.